The molecule has 0 unspecified atom stereocenters. The predicted octanol–water partition coefficient (Wildman–Crippen LogP) is 2.31. The molecule has 0 radical (unpaired) electrons. The largest absolute Gasteiger partial charge is 0.357 e. The highest BCUT2D eigenvalue weighted by Gasteiger charge is 2.10. The van der Waals surface area contributed by atoms with Crippen molar-refractivity contribution >= 4 is 17.5 Å². The normalized spacial score (nSPS) is 10.4. The molecule has 2 aromatic heterocycles. The van der Waals surface area contributed by atoms with Crippen LogP contribution < -0.4 is 5.32 Å². The van der Waals surface area contributed by atoms with Crippen molar-refractivity contribution in [3.63, 3.8) is 0 Å². The first-order valence-electron chi connectivity index (χ1n) is 5.57. The van der Waals surface area contributed by atoms with E-state index in [0.29, 0.717) is 17.1 Å². The summed E-state index contributed by atoms with van der Waals surface area (Å²) in [6.07, 6.45) is 5.38. The molecule has 0 aliphatic carbocycles. The minimum Gasteiger partial charge on any atom is -0.357 e. The molecule has 1 N–H and O–H groups in total. The number of hydrogen-bond donors (Lipinski definition) is 1. The van der Waals surface area contributed by atoms with Crippen molar-refractivity contribution in [1.82, 2.24) is 14.9 Å². The van der Waals surface area contributed by atoms with Gasteiger partial charge in [-0.05, 0) is 24.6 Å². The van der Waals surface area contributed by atoms with Crippen molar-refractivity contribution in [3.8, 4) is 0 Å². The molecule has 2 heterocycles. The third kappa shape index (κ3) is 2.90. The average molecular weight is 264 g/mol. The molecule has 18 heavy (non-hydrogen) atoms. The first kappa shape index (κ1) is 12.6. The zero-order valence-electron chi connectivity index (χ0n) is 10.3. The van der Waals surface area contributed by atoms with E-state index in [-0.39, 0.29) is 5.91 Å². The summed E-state index contributed by atoms with van der Waals surface area (Å²) >= 11 is 6.01. The smallest absolute Gasteiger partial charge is 0.254 e. The summed E-state index contributed by atoms with van der Waals surface area (Å²) < 4.78 is 1.93. The van der Waals surface area contributed by atoms with E-state index >= 15 is 0 Å². The van der Waals surface area contributed by atoms with Gasteiger partial charge in [-0.25, -0.2) is 0 Å². The molecule has 0 fully saturated rings. The predicted molar refractivity (Wildman–Crippen MR) is 70.6 cm³/mol. The van der Waals surface area contributed by atoms with Crippen LogP contribution in [-0.4, -0.2) is 15.5 Å². The van der Waals surface area contributed by atoms with Gasteiger partial charge in [-0.15, -0.1) is 0 Å². The van der Waals surface area contributed by atoms with E-state index in [1.54, 1.807) is 6.07 Å². The van der Waals surface area contributed by atoms with Crippen LogP contribution in [0, 0.1) is 6.92 Å². The summed E-state index contributed by atoms with van der Waals surface area (Å²) in [6, 6.07) is 3.63. The quantitative estimate of drug-likeness (QED) is 0.924. The fourth-order valence-corrected chi connectivity index (χ4v) is 1.93. The molecule has 0 saturated carbocycles. The molecule has 0 atom stereocenters. The van der Waals surface area contributed by atoms with Crippen LogP contribution in [0.3, 0.4) is 0 Å². The molecule has 0 bridgehead atoms. The SMILES string of the molecule is Cc1cc(Cl)c(C(=O)NCc2ccn(C)c2)cn1. The number of aromatic nitrogens is 2. The number of amides is 1. The zero-order valence-corrected chi connectivity index (χ0v) is 11.0. The Balaban J connectivity index is 2.03. The second kappa shape index (κ2) is 5.23. The Morgan fingerprint density at radius 1 is 1.56 bits per heavy atom. The molecular formula is C13H14ClN3O. The van der Waals surface area contributed by atoms with Gasteiger partial charge < -0.3 is 9.88 Å². The van der Waals surface area contributed by atoms with Gasteiger partial charge in [0, 0.05) is 37.9 Å². The molecule has 0 spiro atoms. The average Bonchev–Trinajstić information content (AvgIpc) is 2.72. The van der Waals surface area contributed by atoms with Gasteiger partial charge in [0.1, 0.15) is 0 Å². The van der Waals surface area contributed by atoms with E-state index in [4.69, 9.17) is 11.6 Å². The lowest BCUT2D eigenvalue weighted by Gasteiger charge is -2.05. The Hall–Kier alpha value is -1.81. The molecule has 1 amide bonds. The molecule has 0 aliphatic rings. The summed E-state index contributed by atoms with van der Waals surface area (Å²) in [6.45, 7) is 2.31. The molecular weight excluding hydrogens is 250 g/mol. The number of nitrogens with one attached hydrogen (secondary N) is 1. The van der Waals surface area contributed by atoms with Crippen molar-refractivity contribution in [3.05, 3.63) is 52.6 Å². The maximum absolute atomic E-state index is 11.9. The van der Waals surface area contributed by atoms with Crippen LogP contribution in [0.15, 0.2) is 30.7 Å². The standard InChI is InChI=1S/C13H14ClN3O/c1-9-5-12(14)11(7-15-9)13(18)16-6-10-3-4-17(2)8-10/h3-5,7-8H,6H2,1-2H3,(H,16,18). The molecule has 2 rings (SSSR count). The van der Waals surface area contributed by atoms with E-state index in [1.165, 1.54) is 6.20 Å². The first-order chi connectivity index (χ1) is 8.56. The van der Waals surface area contributed by atoms with Crippen LogP contribution in [0.2, 0.25) is 5.02 Å². The lowest BCUT2D eigenvalue weighted by Crippen LogP contribution is -2.23. The molecule has 0 aliphatic heterocycles. The number of carbonyl (C=O) groups is 1. The minimum absolute atomic E-state index is 0.212. The lowest BCUT2D eigenvalue weighted by molar-refractivity contribution is 0.0950. The highest BCUT2D eigenvalue weighted by atomic mass is 35.5. The summed E-state index contributed by atoms with van der Waals surface area (Å²) in [4.78, 5) is 16.0. The number of nitrogens with zero attached hydrogens (tertiary/aromatic N) is 2. The third-order valence-corrected chi connectivity index (χ3v) is 2.89. The van der Waals surface area contributed by atoms with Crippen molar-refractivity contribution in [2.24, 2.45) is 7.05 Å². The second-order valence-electron chi connectivity index (χ2n) is 4.17. The van der Waals surface area contributed by atoms with E-state index < -0.39 is 0 Å². The van der Waals surface area contributed by atoms with Crippen LogP contribution in [0.4, 0.5) is 0 Å². The van der Waals surface area contributed by atoms with Crippen LogP contribution >= 0.6 is 11.6 Å². The molecule has 0 aromatic carbocycles. The first-order valence-corrected chi connectivity index (χ1v) is 5.95. The van der Waals surface area contributed by atoms with Gasteiger partial charge in [0.05, 0.1) is 10.6 Å². The van der Waals surface area contributed by atoms with E-state index in [2.05, 4.69) is 10.3 Å². The van der Waals surface area contributed by atoms with Crippen molar-refractivity contribution in [2.75, 3.05) is 0 Å². The minimum atomic E-state index is -0.212. The van der Waals surface area contributed by atoms with E-state index in [9.17, 15) is 4.79 Å². The zero-order chi connectivity index (χ0) is 13.1. The molecule has 0 saturated heterocycles. The topological polar surface area (TPSA) is 46.9 Å². The maximum Gasteiger partial charge on any atom is 0.254 e. The maximum atomic E-state index is 11.9. The summed E-state index contributed by atoms with van der Waals surface area (Å²) in [5, 5.41) is 3.24. The Morgan fingerprint density at radius 3 is 2.94 bits per heavy atom. The van der Waals surface area contributed by atoms with Gasteiger partial charge in [0.25, 0.3) is 5.91 Å². The number of pyridine rings is 1. The van der Waals surface area contributed by atoms with Gasteiger partial charge in [0.15, 0.2) is 0 Å². The Labute approximate surface area is 111 Å². The van der Waals surface area contributed by atoms with E-state index in [1.807, 2.05) is 37.0 Å². The number of carbonyl (C=O) groups excluding carboxylic acids is 1. The van der Waals surface area contributed by atoms with Crippen LogP contribution in [0.5, 0.6) is 0 Å². The Morgan fingerprint density at radius 2 is 2.33 bits per heavy atom. The van der Waals surface area contributed by atoms with Gasteiger partial charge in [-0.2, -0.15) is 0 Å². The van der Waals surface area contributed by atoms with Crippen LogP contribution in [-0.2, 0) is 13.6 Å². The Bertz CT molecular complexity index is 577. The van der Waals surface area contributed by atoms with E-state index in [0.717, 1.165) is 11.3 Å². The number of hydrogen-bond acceptors (Lipinski definition) is 2. The molecule has 4 nitrogen and oxygen atoms in total. The number of halogens is 1. The summed E-state index contributed by atoms with van der Waals surface area (Å²) in [5.74, 6) is -0.212. The summed E-state index contributed by atoms with van der Waals surface area (Å²) in [7, 11) is 1.94. The summed E-state index contributed by atoms with van der Waals surface area (Å²) in [5.41, 5.74) is 2.24. The molecule has 94 valence electrons. The monoisotopic (exact) mass is 263 g/mol. The van der Waals surface area contributed by atoms with Gasteiger partial charge in [-0.1, -0.05) is 11.6 Å². The second-order valence-corrected chi connectivity index (χ2v) is 4.58. The molecule has 5 heteroatoms. The van der Waals surface area contributed by atoms with Gasteiger partial charge in [0.2, 0.25) is 0 Å². The number of rotatable bonds is 3. The Kier molecular flexibility index (Phi) is 3.67. The fraction of sp³-hybridized carbons (Fsp3) is 0.231. The van der Waals surface area contributed by atoms with Crippen LogP contribution in [0.25, 0.3) is 0 Å². The van der Waals surface area contributed by atoms with Crippen LogP contribution in [0.1, 0.15) is 21.6 Å². The molecule has 2 aromatic rings. The fourth-order valence-electron chi connectivity index (χ4n) is 1.64. The van der Waals surface area contributed by atoms with Gasteiger partial charge >= 0.3 is 0 Å². The third-order valence-electron chi connectivity index (χ3n) is 2.58. The van der Waals surface area contributed by atoms with Crippen molar-refractivity contribution in [1.29, 1.82) is 0 Å². The lowest BCUT2D eigenvalue weighted by atomic mass is 10.2. The number of aryl methyl sites for hydroxylation is 2. The highest BCUT2D eigenvalue weighted by molar-refractivity contribution is 6.33. The van der Waals surface area contributed by atoms with Crippen molar-refractivity contribution < 1.29 is 4.79 Å². The van der Waals surface area contributed by atoms with Crippen molar-refractivity contribution in [2.45, 2.75) is 13.5 Å². The highest BCUT2D eigenvalue weighted by Crippen LogP contribution is 2.15. The van der Waals surface area contributed by atoms with Gasteiger partial charge in [-0.3, -0.25) is 9.78 Å².